The summed E-state index contributed by atoms with van der Waals surface area (Å²) in [4.78, 5) is 17.9. The van der Waals surface area contributed by atoms with Crippen LogP contribution in [0.5, 0.6) is 0 Å². The van der Waals surface area contributed by atoms with E-state index in [-0.39, 0.29) is 18.5 Å². The molecule has 0 saturated heterocycles. The number of aryl methyl sites for hydroxylation is 2. The highest BCUT2D eigenvalue weighted by Gasteiger charge is 2.21. The van der Waals surface area contributed by atoms with Gasteiger partial charge in [-0.25, -0.2) is 9.67 Å². The fourth-order valence-electron chi connectivity index (χ4n) is 3.68. The van der Waals surface area contributed by atoms with E-state index in [1.54, 1.807) is 16.9 Å². The molecule has 31 heavy (non-hydrogen) atoms. The average Bonchev–Trinajstić information content (AvgIpc) is 3.34. The summed E-state index contributed by atoms with van der Waals surface area (Å²) in [5, 5.41) is 18.4. The number of nitrogens with one attached hydrogen (secondary N) is 1. The van der Waals surface area contributed by atoms with Gasteiger partial charge in [-0.15, -0.1) is 0 Å². The van der Waals surface area contributed by atoms with Gasteiger partial charge in [0.15, 0.2) is 5.65 Å². The van der Waals surface area contributed by atoms with Gasteiger partial charge >= 0.3 is 0 Å². The zero-order valence-electron chi connectivity index (χ0n) is 18.1. The number of furan rings is 1. The van der Waals surface area contributed by atoms with Gasteiger partial charge in [0.25, 0.3) is 5.91 Å². The van der Waals surface area contributed by atoms with E-state index in [4.69, 9.17) is 9.40 Å². The number of hydrogen-bond acceptors (Lipinski definition) is 5. The molecule has 1 atom stereocenters. The lowest BCUT2D eigenvalue weighted by Crippen LogP contribution is -2.28. The van der Waals surface area contributed by atoms with Gasteiger partial charge < -0.3 is 14.8 Å². The molecule has 3 heterocycles. The van der Waals surface area contributed by atoms with E-state index in [1.165, 1.54) is 0 Å². The van der Waals surface area contributed by atoms with Gasteiger partial charge in [-0.1, -0.05) is 30.3 Å². The third kappa shape index (κ3) is 4.09. The van der Waals surface area contributed by atoms with Crippen molar-refractivity contribution in [2.45, 2.75) is 39.8 Å². The van der Waals surface area contributed by atoms with E-state index in [2.05, 4.69) is 10.4 Å². The molecule has 0 fully saturated rings. The maximum atomic E-state index is 13.1. The third-order valence-corrected chi connectivity index (χ3v) is 5.26. The highest BCUT2D eigenvalue weighted by atomic mass is 16.3. The molecule has 160 valence electrons. The number of carbonyl (C=O) groups is 1. The molecule has 0 aliphatic carbocycles. The van der Waals surface area contributed by atoms with Crippen molar-refractivity contribution in [2.24, 2.45) is 0 Å². The van der Waals surface area contributed by atoms with Crippen LogP contribution < -0.4 is 5.32 Å². The number of benzene rings is 1. The van der Waals surface area contributed by atoms with Crippen molar-refractivity contribution in [3.8, 4) is 11.3 Å². The summed E-state index contributed by atoms with van der Waals surface area (Å²) in [5.74, 6) is 1.24. The molecule has 0 radical (unpaired) electrons. The number of hydrogen-bond donors (Lipinski definition) is 2. The second kappa shape index (κ2) is 8.35. The Morgan fingerprint density at radius 1 is 1.19 bits per heavy atom. The molecular weight excluding hydrogens is 392 g/mol. The fourth-order valence-corrected chi connectivity index (χ4v) is 3.68. The number of amides is 1. The Balaban J connectivity index is 1.72. The average molecular weight is 418 g/mol. The topological polar surface area (TPSA) is 93.2 Å². The molecule has 0 aliphatic heterocycles. The van der Waals surface area contributed by atoms with Crippen molar-refractivity contribution < 1.29 is 14.3 Å². The molecule has 0 bridgehead atoms. The van der Waals surface area contributed by atoms with Crippen molar-refractivity contribution in [1.82, 2.24) is 20.1 Å². The van der Waals surface area contributed by atoms with Crippen molar-refractivity contribution in [3.05, 3.63) is 71.3 Å². The van der Waals surface area contributed by atoms with Crippen LogP contribution in [0, 0.1) is 13.8 Å². The van der Waals surface area contributed by atoms with Gasteiger partial charge in [0.05, 0.1) is 28.9 Å². The van der Waals surface area contributed by atoms with Crippen molar-refractivity contribution in [3.63, 3.8) is 0 Å². The summed E-state index contributed by atoms with van der Waals surface area (Å²) in [6.07, 6.45) is 0.876. The minimum atomic E-state index is -0.792. The van der Waals surface area contributed by atoms with Gasteiger partial charge in [-0.2, -0.15) is 5.10 Å². The largest absolute Gasteiger partial charge is 0.466 e. The molecule has 4 aromatic rings. The van der Waals surface area contributed by atoms with Crippen LogP contribution in [-0.4, -0.2) is 32.3 Å². The number of nitrogens with zero attached hydrogens (tertiary/aromatic N) is 3. The standard InChI is InChI=1S/C24H26N4O3/c1-14(2)28-23-20(12-26-28)19(11-21(27-23)18-10-15(3)31-16(18)4)24(30)25-13-22(29)17-8-6-5-7-9-17/h5-12,14,22,29H,13H2,1-4H3,(H,25,30). The van der Waals surface area contributed by atoms with E-state index >= 15 is 0 Å². The van der Waals surface area contributed by atoms with Crippen LogP contribution in [-0.2, 0) is 0 Å². The lowest BCUT2D eigenvalue weighted by Gasteiger charge is -2.13. The smallest absolute Gasteiger partial charge is 0.252 e. The van der Waals surface area contributed by atoms with Crippen LogP contribution >= 0.6 is 0 Å². The van der Waals surface area contributed by atoms with Gasteiger partial charge in [-0.05, 0) is 45.4 Å². The molecule has 0 saturated carbocycles. The summed E-state index contributed by atoms with van der Waals surface area (Å²) >= 11 is 0. The Morgan fingerprint density at radius 3 is 2.58 bits per heavy atom. The van der Waals surface area contributed by atoms with Crippen molar-refractivity contribution in [1.29, 1.82) is 0 Å². The maximum Gasteiger partial charge on any atom is 0.252 e. The molecule has 0 aliphatic rings. The number of aliphatic hydroxyl groups is 1. The third-order valence-electron chi connectivity index (χ3n) is 5.26. The fraction of sp³-hybridized carbons (Fsp3) is 0.292. The first kappa shape index (κ1) is 20.8. The highest BCUT2D eigenvalue weighted by Crippen LogP contribution is 2.30. The summed E-state index contributed by atoms with van der Waals surface area (Å²) < 4.78 is 7.47. The predicted molar refractivity (Wildman–Crippen MR) is 119 cm³/mol. The molecule has 7 nitrogen and oxygen atoms in total. The summed E-state index contributed by atoms with van der Waals surface area (Å²) in [6.45, 7) is 7.90. The van der Waals surface area contributed by atoms with E-state index in [9.17, 15) is 9.90 Å². The summed E-state index contributed by atoms with van der Waals surface area (Å²) in [7, 11) is 0. The Hall–Kier alpha value is -3.45. The Morgan fingerprint density at radius 2 is 1.94 bits per heavy atom. The van der Waals surface area contributed by atoms with Gasteiger partial charge in [-0.3, -0.25) is 4.79 Å². The maximum absolute atomic E-state index is 13.1. The molecule has 7 heteroatoms. The summed E-state index contributed by atoms with van der Waals surface area (Å²) in [5.41, 5.74) is 3.35. The molecule has 0 spiro atoms. The Labute approximate surface area is 180 Å². The minimum absolute atomic E-state index is 0.0863. The lowest BCUT2D eigenvalue weighted by atomic mass is 10.1. The Bertz CT molecular complexity index is 1220. The quantitative estimate of drug-likeness (QED) is 0.485. The first-order chi connectivity index (χ1) is 14.8. The van der Waals surface area contributed by atoms with Crippen LogP contribution in [0.4, 0.5) is 0 Å². The number of pyridine rings is 1. The normalized spacial score (nSPS) is 12.5. The van der Waals surface area contributed by atoms with Gasteiger partial charge in [0.2, 0.25) is 0 Å². The van der Waals surface area contributed by atoms with Crippen LogP contribution in [0.2, 0.25) is 0 Å². The van der Waals surface area contributed by atoms with Crippen LogP contribution in [0.3, 0.4) is 0 Å². The molecule has 1 aromatic carbocycles. The molecule has 3 aromatic heterocycles. The minimum Gasteiger partial charge on any atom is -0.466 e. The highest BCUT2D eigenvalue weighted by molar-refractivity contribution is 6.06. The first-order valence-corrected chi connectivity index (χ1v) is 10.3. The second-order valence-electron chi connectivity index (χ2n) is 7.94. The van der Waals surface area contributed by atoms with Crippen LogP contribution in [0.1, 0.15) is 53.4 Å². The lowest BCUT2D eigenvalue weighted by molar-refractivity contribution is 0.0918. The zero-order valence-corrected chi connectivity index (χ0v) is 18.1. The van der Waals surface area contributed by atoms with E-state index in [0.29, 0.717) is 22.3 Å². The van der Waals surface area contributed by atoms with Crippen LogP contribution in [0.25, 0.3) is 22.3 Å². The first-order valence-electron chi connectivity index (χ1n) is 10.3. The number of carbonyl (C=O) groups excluding carboxylic acids is 1. The number of aromatic nitrogens is 3. The molecule has 4 rings (SSSR count). The molecule has 1 amide bonds. The number of fused-ring (bicyclic) bond motifs is 1. The van der Waals surface area contributed by atoms with E-state index < -0.39 is 6.10 Å². The molecular formula is C24H26N4O3. The monoisotopic (exact) mass is 418 g/mol. The Kier molecular flexibility index (Phi) is 5.61. The van der Waals surface area contributed by atoms with Crippen LogP contribution in [0.15, 0.2) is 53.1 Å². The van der Waals surface area contributed by atoms with Gasteiger partial charge in [0.1, 0.15) is 11.5 Å². The van der Waals surface area contributed by atoms with Crippen molar-refractivity contribution in [2.75, 3.05) is 6.54 Å². The number of aliphatic hydroxyl groups excluding tert-OH is 1. The molecule has 1 unspecified atom stereocenters. The SMILES string of the molecule is Cc1cc(-c2cc(C(=O)NCC(O)c3ccccc3)c3cnn(C(C)C)c3n2)c(C)o1. The zero-order chi connectivity index (χ0) is 22.1. The van der Waals surface area contributed by atoms with E-state index in [0.717, 1.165) is 22.6 Å². The van der Waals surface area contributed by atoms with Gasteiger partial charge in [0, 0.05) is 18.2 Å². The van der Waals surface area contributed by atoms with Crippen molar-refractivity contribution >= 4 is 16.9 Å². The van der Waals surface area contributed by atoms with E-state index in [1.807, 2.05) is 64.1 Å². The predicted octanol–water partition coefficient (Wildman–Crippen LogP) is 4.35. The number of rotatable bonds is 6. The summed E-state index contributed by atoms with van der Waals surface area (Å²) in [6, 6.07) is 13.0. The molecule has 2 N–H and O–H groups in total. The second-order valence-corrected chi connectivity index (χ2v) is 7.94.